The molecule has 0 unspecified atom stereocenters. The number of benzene rings is 1. The number of hydrogen-bond donors (Lipinski definition) is 1. The van der Waals surface area contributed by atoms with Crippen LogP contribution in [-0.2, 0) is 16.6 Å². The first-order chi connectivity index (χ1) is 10.3. The lowest BCUT2D eigenvalue weighted by Crippen LogP contribution is -2.26. The molecule has 1 heterocycles. The highest BCUT2D eigenvalue weighted by atomic mass is 32.2. The van der Waals surface area contributed by atoms with Gasteiger partial charge in [-0.15, -0.1) is 0 Å². The summed E-state index contributed by atoms with van der Waals surface area (Å²) in [6.07, 6.45) is 3.33. The zero-order valence-electron chi connectivity index (χ0n) is 12.4. The van der Waals surface area contributed by atoms with Crippen molar-refractivity contribution in [2.45, 2.75) is 18.4 Å². The highest BCUT2D eigenvalue weighted by Crippen LogP contribution is 2.17. The molecule has 0 atom stereocenters. The number of aromatic nitrogens is 1. The molecule has 6 nitrogen and oxygen atoms in total. The van der Waals surface area contributed by atoms with E-state index in [4.69, 9.17) is 5.14 Å². The van der Waals surface area contributed by atoms with Gasteiger partial charge in [-0.2, -0.15) is 0 Å². The van der Waals surface area contributed by atoms with E-state index in [0.29, 0.717) is 12.1 Å². The Morgan fingerprint density at radius 2 is 2.05 bits per heavy atom. The first kappa shape index (κ1) is 16.1. The quantitative estimate of drug-likeness (QED) is 0.919. The molecule has 2 aromatic rings. The second kappa shape index (κ2) is 6.25. The Labute approximate surface area is 129 Å². The van der Waals surface area contributed by atoms with Crippen molar-refractivity contribution in [3.63, 3.8) is 0 Å². The molecule has 2 N–H and O–H groups in total. The summed E-state index contributed by atoms with van der Waals surface area (Å²) >= 11 is 0. The molecule has 0 saturated carbocycles. The highest BCUT2D eigenvalue weighted by Gasteiger charge is 2.17. The standard InChI is InChI=1S/C15H17N3O3S/c1-11-5-6-13(8-14(11)22(16,20)21)15(19)18(2)10-12-4-3-7-17-9-12/h3-9H,10H2,1-2H3,(H2,16,20,21). The number of hydrogen-bond acceptors (Lipinski definition) is 4. The molecule has 0 aliphatic rings. The van der Waals surface area contributed by atoms with E-state index >= 15 is 0 Å². The van der Waals surface area contributed by atoms with Gasteiger partial charge in [-0.05, 0) is 36.2 Å². The summed E-state index contributed by atoms with van der Waals surface area (Å²) in [6.45, 7) is 2.01. The summed E-state index contributed by atoms with van der Waals surface area (Å²) in [7, 11) is -2.21. The molecule has 1 aromatic heterocycles. The molecule has 0 saturated heterocycles. The zero-order valence-corrected chi connectivity index (χ0v) is 13.2. The van der Waals surface area contributed by atoms with Crippen LogP contribution >= 0.6 is 0 Å². The van der Waals surface area contributed by atoms with Gasteiger partial charge in [0.25, 0.3) is 5.91 Å². The normalized spacial score (nSPS) is 11.2. The van der Waals surface area contributed by atoms with Gasteiger partial charge in [0, 0.05) is 31.5 Å². The molecule has 0 spiro atoms. The Hall–Kier alpha value is -2.25. The second-order valence-electron chi connectivity index (χ2n) is 5.05. The van der Waals surface area contributed by atoms with E-state index in [1.165, 1.54) is 11.0 Å². The van der Waals surface area contributed by atoms with Gasteiger partial charge in [-0.25, -0.2) is 13.6 Å². The topological polar surface area (TPSA) is 93.4 Å². The number of rotatable bonds is 4. The van der Waals surface area contributed by atoms with E-state index < -0.39 is 10.0 Å². The molecule has 1 amide bonds. The summed E-state index contributed by atoms with van der Waals surface area (Å²) in [6, 6.07) is 8.13. The number of primary sulfonamides is 1. The van der Waals surface area contributed by atoms with Gasteiger partial charge >= 0.3 is 0 Å². The third-order valence-electron chi connectivity index (χ3n) is 3.23. The van der Waals surface area contributed by atoms with Gasteiger partial charge in [-0.1, -0.05) is 12.1 Å². The molecule has 1 aromatic carbocycles. The number of carbonyl (C=O) groups is 1. The van der Waals surface area contributed by atoms with Gasteiger partial charge in [-0.3, -0.25) is 9.78 Å². The summed E-state index contributed by atoms with van der Waals surface area (Å²) in [5, 5.41) is 5.17. The highest BCUT2D eigenvalue weighted by molar-refractivity contribution is 7.89. The van der Waals surface area contributed by atoms with Crippen LogP contribution in [0, 0.1) is 6.92 Å². The van der Waals surface area contributed by atoms with Crippen molar-refractivity contribution in [2.24, 2.45) is 5.14 Å². The van der Waals surface area contributed by atoms with Crippen LogP contribution in [0.1, 0.15) is 21.5 Å². The van der Waals surface area contributed by atoms with Crippen LogP contribution in [0.2, 0.25) is 0 Å². The monoisotopic (exact) mass is 319 g/mol. The molecular formula is C15H17N3O3S. The maximum atomic E-state index is 12.4. The van der Waals surface area contributed by atoms with Crippen molar-refractivity contribution in [3.05, 3.63) is 59.4 Å². The fourth-order valence-electron chi connectivity index (χ4n) is 2.10. The first-order valence-electron chi connectivity index (χ1n) is 6.57. The molecule has 22 heavy (non-hydrogen) atoms. The summed E-state index contributed by atoms with van der Waals surface area (Å²) in [5.74, 6) is -0.284. The Morgan fingerprint density at radius 3 is 2.64 bits per heavy atom. The number of aryl methyl sites for hydroxylation is 1. The molecule has 0 fully saturated rings. The Bertz CT molecular complexity index is 789. The van der Waals surface area contributed by atoms with Crippen LogP contribution in [0.25, 0.3) is 0 Å². The second-order valence-corrected chi connectivity index (χ2v) is 6.58. The predicted octanol–water partition coefficient (Wildman–Crippen LogP) is 1.31. The minimum absolute atomic E-state index is 0.0341. The molecule has 0 bridgehead atoms. The molecule has 2 rings (SSSR count). The molecular weight excluding hydrogens is 302 g/mol. The van der Waals surface area contributed by atoms with E-state index in [1.807, 2.05) is 6.07 Å². The number of nitrogens with two attached hydrogens (primary N) is 1. The van der Waals surface area contributed by atoms with Crippen LogP contribution in [0.3, 0.4) is 0 Å². The van der Waals surface area contributed by atoms with Crippen molar-refractivity contribution in [1.82, 2.24) is 9.88 Å². The third-order valence-corrected chi connectivity index (χ3v) is 4.28. The van der Waals surface area contributed by atoms with Crippen molar-refractivity contribution in [3.8, 4) is 0 Å². The SMILES string of the molecule is Cc1ccc(C(=O)N(C)Cc2cccnc2)cc1S(N)(=O)=O. The van der Waals surface area contributed by atoms with Crippen LogP contribution in [0.4, 0.5) is 0 Å². The molecule has 116 valence electrons. The van der Waals surface area contributed by atoms with E-state index in [9.17, 15) is 13.2 Å². The predicted molar refractivity (Wildman–Crippen MR) is 82.6 cm³/mol. The van der Waals surface area contributed by atoms with Gasteiger partial charge in [0.2, 0.25) is 10.0 Å². The largest absolute Gasteiger partial charge is 0.337 e. The number of sulfonamides is 1. The Morgan fingerprint density at radius 1 is 1.32 bits per heavy atom. The van der Waals surface area contributed by atoms with Crippen LogP contribution in [0.15, 0.2) is 47.6 Å². The van der Waals surface area contributed by atoms with E-state index in [2.05, 4.69) is 4.98 Å². The maximum Gasteiger partial charge on any atom is 0.253 e. The minimum atomic E-state index is -3.85. The number of amides is 1. The smallest absolute Gasteiger partial charge is 0.253 e. The van der Waals surface area contributed by atoms with Gasteiger partial charge in [0.05, 0.1) is 4.90 Å². The number of nitrogens with zero attached hydrogens (tertiary/aromatic N) is 2. The Kier molecular flexibility index (Phi) is 4.58. The fraction of sp³-hybridized carbons (Fsp3) is 0.200. The molecule has 0 aliphatic heterocycles. The van der Waals surface area contributed by atoms with Crippen molar-refractivity contribution in [1.29, 1.82) is 0 Å². The molecule has 0 radical (unpaired) electrons. The maximum absolute atomic E-state index is 12.4. The van der Waals surface area contributed by atoms with Crippen molar-refractivity contribution < 1.29 is 13.2 Å². The Balaban J connectivity index is 2.26. The van der Waals surface area contributed by atoms with Crippen LogP contribution < -0.4 is 5.14 Å². The summed E-state index contributed by atoms with van der Waals surface area (Å²) < 4.78 is 23.1. The first-order valence-corrected chi connectivity index (χ1v) is 8.11. The lowest BCUT2D eigenvalue weighted by atomic mass is 10.1. The van der Waals surface area contributed by atoms with E-state index in [1.54, 1.807) is 44.6 Å². The molecule has 0 aliphatic carbocycles. The summed E-state index contributed by atoms with van der Waals surface area (Å²) in [4.78, 5) is 17.9. The van der Waals surface area contributed by atoms with Crippen LogP contribution in [-0.4, -0.2) is 31.3 Å². The van der Waals surface area contributed by atoms with Crippen molar-refractivity contribution in [2.75, 3.05) is 7.05 Å². The van der Waals surface area contributed by atoms with E-state index in [-0.39, 0.29) is 16.4 Å². The van der Waals surface area contributed by atoms with Gasteiger partial charge in [0.15, 0.2) is 0 Å². The third kappa shape index (κ3) is 3.69. The average Bonchev–Trinajstić information content (AvgIpc) is 2.47. The number of pyridine rings is 1. The molecule has 7 heteroatoms. The van der Waals surface area contributed by atoms with Crippen LogP contribution in [0.5, 0.6) is 0 Å². The lowest BCUT2D eigenvalue weighted by molar-refractivity contribution is 0.0784. The minimum Gasteiger partial charge on any atom is -0.337 e. The number of carbonyl (C=O) groups excluding carboxylic acids is 1. The fourth-order valence-corrected chi connectivity index (χ4v) is 2.91. The zero-order chi connectivity index (χ0) is 16.3. The average molecular weight is 319 g/mol. The lowest BCUT2D eigenvalue weighted by Gasteiger charge is -2.18. The van der Waals surface area contributed by atoms with Crippen molar-refractivity contribution >= 4 is 15.9 Å². The van der Waals surface area contributed by atoms with Gasteiger partial charge in [0.1, 0.15) is 0 Å². The van der Waals surface area contributed by atoms with E-state index in [0.717, 1.165) is 5.56 Å². The summed E-state index contributed by atoms with van der Waals surface area (Å²) in [5.41, 5.74) is 1.67. The van der Waals surface area contributed by atoms with Gasteiger partial charge < -0.3 is 4.90 Å².